The van der Waals surface area contributed by atoms with Crippen LogP contribution >= 0.6 is 0 Å². The van der Waals surface area contributed by atoms with E-state index < -0.39 is 0 Å². The summed E-state index contributed by atoms with van der Waals surface area (Å²) in [6.07, 6.45) is 2.61. The molecule has 0 aliphatic carbocycles. The minimum Gasteiger partial charge on any atom is -0.466 e. The van der Waals surface area contributed by atoms with Gasteiger partial charge in [-0.05, 0) is 38.5 Å². The summed E-state index contributed by atoms with van der Waals surface area (Å²) in [6, 6.07) is 6.04. The third-order valence-electron chi connectivity index (χ3n) is 2.88. The fraction of sp³-hybridized carbons (Fsp3) is 0.357. The van der Waals surface area contributed by atoms with Gasteiger partial charge in [0.15, 0.2) is 0 Å². The van der Waals surface area contributed by atoms with Gasteiger partial charge in [0.05, 0.1) is 0 Å². The summed E-state index contributed by atoms with van der Waals surface area (Å²) in [4.78, 5) is 4.37. The van der Waals surface area contributed by atoms with Crippen molar-refractivity contribution < 1.29 is 4.42 Å². The van der Waals surface area contributed by atoms with Crippen LogP contribution in [-0.4, -0.2) is 4.98 Å². The molecule has 0 amide bonds. The van der Waals surface area contributed by atoms with Gasteiger partial charge in [-0.1, -0.05) is 6.07 Å². The van der Waals surface area contributed by atoms with Gasteiger partial charge in [-0.3, -0.25) is 4.98 Å². The maximum atomic E-state index is 6.18. The van der Waals surface area contributed by atoms with Crippen LogP contribution in [0.5, 0.6) is 0 Å². The number of furan rings is 1. The van der Waals surface area contributed by atoms with Crippen LogP contribution in [0.4, 0.5) is 0 Å². The molecule has 0 bridgehead atoms. The first-order valence-corrected chi connectivity index (χ1v) is 5.80. The summed E-state index contributed by atoms with van der Waals surface area (Å²) in [5, 5.41) is 0. The average Bonchev–Trinajstić information content (AvgIpc) is 2.61. The molecule has 2 aromatic rings. The highest BCUT2D eigenvalue weighted by Crippen LogP contribution is 2.22. The minimum absolute atomic E-state index is 0.0531. The lowest BCUT2D eigenvalue weighted by atomic mass is 10.0. The van der Waals surface area contributed by atoms with Gasteiger partial charge in [0.1, 0.15) is 11.5 Å². The summed E-state index contributed by atoms with van der Waals surface area (Å²) < 4.78 is 5.49. The number of aromatic nitrogens is 1. The van der Waals surface area contributed by atoms with E-state index in [1.54, 1.807) is 0 Å². The van der Waals surface area contributed by atoms with Gasteiger partial charge in [-0.2, -0.15) is 0 Å². The number of pyridine rings is 1. The normalized spacial score (nSPS) is 12.7. The van der Waals surface area contributed by atoms with E-state index in [9.17, 15) is 0 Å². The van der Waals surface area contributed by atoms with E-state index >= 15 is 0 Å². The molecule has 0 aliphatic heterocycles. The van der Waals surface area contributed by atoms with E-state index in [-0.39, 0.29) is 6.04 Å². The highest BCUT2D eigenvalue weighted by molar-refractivity contribution is 5.25. The smallest absolute Gasteiger partial charge is 0.105 e. The summed E-state index contributed by atoms with van der Waals surface area (Å²) in [5.74, 6) is 1.81. The van der Waals surface area contributed by atoms with Crippen molar-refractivity contribution in [3.8, 4) is 0 Å². The first-order valence-electron chi connectivity index (χ1n) is 5.80. The molecule has 1 atom stereocenters. The Morgan fingerprint density at radius 3 is 2.59 bits per heavy atom. The van der Waals surface area contributed by atoms with Crippen molar-refractivity contribution in [3.63, 3.8) is 0 Å². The number of nitrogens with two attached hydrogens (primary N) is 1. The lowest BCUT2D eigenvalue weighted by molar-refractivity contribution is 0.497. The summed E-state index contributed by atoms with van der Waals surface area (Å²) in [6.45, 7) is 5.92. The lowest BCUT2D eigenvalue weighted by Crippen LogP contribution is -2.14. The largest absolute Gasteiger partial charge is 0.466 e. The molecule has 3 heteroatoms. The number of aryl methyl sites for hydroxylation is 3. The monoisotopic (exact) mass is 230 g/mol. The van der Waals surface area contributed by atoms with E-state index in [2.05, 4.69) is 11.1 Å². The van der Waals surface area contributed by atoms with Crippen molar-refractivity contribution in [2.24, 2.45) is 5.73 Å². The molecule has 2 heterocycles. The van der Waals surface area contributed by atoms with E-state index in [0.29, 0.717) is 0 Å². The number of hydrogen-bond donors (Lipinski definition) is 1. The molecule has 2 N–H and O–H groups in total. The van der Waals surface area contributed by atoms with Crippen molar-refractivity contribution in [2.45, 2.75) is 33.2 Å². The van der Waals surface area contributed by atoms with Crippen LogP contribution in [0.3, 0.4) is 0 Å². The highest BCUT2D eigenvalue weighted by Gasteiger charge is 2.14. The molecule has 17 heavy (non-hydrogen) atoms. The van der Waals surface area contributed by atoms with Gasteiger partial charge in [0, 0.05) is 29.9 Å². The molecule has 2 rings (SSSR count). The van der Waals surface area contributed by atoms with Gasteiger partial charge in [0.2, 0.25) is 0 Å². The van der Waals surface area contributed by atoms with E-state index in [1.807, 2.05) is 39.1 Å². The zero-order valence-corrected chi connectivity index (χ0v) is 10.5. The van der Waals surface area contributed by atoms with E-state index in [0.717, 1.165) is 34.8 Å². The second-order valence-electron chi connectivity index (χ2n) is 4.51. The maximum Gasteiger partial charge on any atom is 0.105 e. The Labute approximate surface area is 102 Å². The van der Waals surface area contributed by atoms with Crippen molar-refractivity contribution in [1.82, 2.24) is 4.98 Å². The Morgan fingerprint density at radius 1 is 1.29 bits per heavy atom. The van der Waals surface area contributed by atoms with Crippen molar-refractivity contribution in [1.29, 1.82) is 0 Å². The van der Waals surface area contributed by atoms with Gasteiger partial charge in [0.25, 0.3) is 0 Å². The number of rotatable bonds is 3. The predicted molar refractivity (Wildman–Crippen MR) is 67.8 cm³/mol. The Bertz CT molecular complexity index is 499. The zero-order valence-electron chi connectivity index (χ0n) is 10.5. The van der Waals surface area contributed by atoms with Crippen LogP contribution in [0, 0.1) is 20.8 Å². The fourth-order valence-electron chi connectivity index (χ4n) is 1.97. The van der Waals surface area contributed by atoms with Crippen LogP contribution in [0.1, 0.15) is 34.4 Å². The molecule has 1 unspecified atom stereocenters. The summed E-state index contributed by atoms with van der Waals surface area (Å²) >= 11 is 0. The number of nitrogens with zero attached hydrogens (tertiary/aromatic N) is 1. The average molecular weight is 230 g/mol. The summed E-state index contributed by atoms with van der Waals surface area (Å²) in [7, 11) is 0. The zero-order chi connectivity index (χ0) is 12.4. The molecule has 2 aromatic heterocycles. The fourth-order valence-corrected chi connectivity index (χ4v) is 1.97. The van der Waals surface area contributed by atoms with Crippen molar-refractivity contribution in [3.05, 3.63) is 52.7 Å². The SMILES string of the molecule is Cc1ccc(CC(N)c2cc(C)oc2C)nc1. The van der Waals surface area contributed by atoms with E-state index in [1.165, 1.54) is 0 Å². The molecule has 0 fully saturated rings. The number of hydrogen-bond acceptors (Lipinski definition) is 3. The molecular formula is C14H18N2O. The Kier molecular flexibility index (Phi) is 3.29. The quantitative estimate of drug-likeness (QED) is 0.882. The second kappa shape index (κ2) is 4.72. The first kappa shape index (κ1) is 11.9. The van der Waals surface area contributed by atoms with Gasteiger partial charge < -0.3 is 10.2 Å². The van der Waals surface area contributed by atoms with Crippen molar-refractivity contribution in [2.75, 3.05) is 0 Å². The Morgan fingerprint density at radius 2 is 2.06 bits per heavy atom. The van der Waals surface area contributed by atoms with Crippen LogP contribution in [-0.2, 0) is 6.42 Å². The van der Waals surface area contributed by atoms with Gasteiger partial charge in [-0.25, -0.2) is 0 Å². The molecule has 0 radical (unpaired) electrons. The van der Waals surface area contributed by atoms with Crippen LogP contribution in [0.2, 0.25) is 0 Å². The summed E-state index contributed by atoms with van der Waals surface area (Å²) in [5.41, 5.74) is 9.43. The van der Waals surface area contributed by atoms with Crippen LogP contribution in [0.25, 0.3) is 0 Å². The van der Waals surface area contributed by atoms with Crippen molar-refractivity contribution >= 4 is 0 Å². The highest BCUT2D eigenvalue weighted by atomic mass is 16.3. The van der Waals surface area contributed by atoms with Gasteiger partial charge in [-0.15, -0.1) is 0 Å². The Hall–Kier alpha value is -1.61. The molecule has 3 nitrogen and oxygen atoms in total. The third-order valence-corrected chi connectivity index (χ3v) is 2.88. The van der Waals surface area contributed by atoms with Crippen LogP contribution < -0.4 is 5.73 Å². The topological polar surface area (TPSA) is 52.0 Å². The minimum atomic E-state index is -0.0531. The molecule has 0 spiro atoms. The molecule has 0 saturated heterocycles. The third kappa shape index (κ3) is 2.74. The maximum absolute atomic E-state index is 6.18. The Balaban J connectivity index is 2.14. The predicted octanol–water partition coefficient (Wildman–Crippen LogP) is 2.84. The lowest BCUT2D eigenvalue weighted by Gasteiger charge is -2.10. The standard InChI is InChI=1S/C14H18N2O/c1-9-4-5-12(16-8-9)7-14(15)13-6-10(2)17-11(13)3/h4-6,8,14H,7,15H2,1-3H3. The molecule has 0 aliphatic rings. The molecule has 0 aromatic carbocycles. The molecular weight excluding hydrogens is 212 g/mol. The second-order valence-corrected chi connectivity index (χ2v) is 4.51. The van der Waals surface area contributed by atoms with E-state index in [4.69, 9.17) is 10.2 Å². The molecule has 0 saturated carbocycles. The molecule has 90 valence electrons. The van der Waals surface area contributed by atoms with Gasteiger partial charge >= 0.3 is 0 Å². The first-order chi connectivity index (χ1) is 8.06. The van der Waals surface area contributed by atoms with Crippen LogP contribution in [0.15, 0.2) is 28.8 Å².